The summed E-state index contributed by atoms with van der Waals surface area (Å²) in [6.45, 7) is 2.09. The van der Waals surface area contributed by atoms with Crippen molar-refractivity contribution >= 4 is 34.6 Å². The second-order valence-corrected chi connectivity index (χ2v) is 7.42. The maximum absolute atomic E-state index is 12.8. The normalized spacial score (nSPS) is 13.3. The molecule has 0 radical (unpaired) electrons. The topological polar surface area (TPSA) is 114 Å². The van der Waals surface area contributed by atoms with Crippen LogP contribution in [0.5, 0.6) is 0 Å². The Morgan fingerprint density at radius 1 is 0.818 bits per heavy atom. The zero-order valence-electron chi connectivity index (χ0n) is 17.7. The number of nitro groups is 1. The second-order valence-electron chi connectivity index (χ2n) is 7.42. The molecule has 2 N–H and O–H groups in total. The van der Waals surface area contributed by atoms with E-state index in [1.54, 1.807) is 60.7 Å². The lowest BCUT2D eigenvalue weighted by atomic mass is 10.1. The van der Waals surface area contributed by atoms with Crippen molar-refractivity contribution in [2.75, 3.05) is 41.8 Å². The molecule has 1 aliphatic heterocycles. The first-order valence-electron chi connectivity index (χ1n) is 10.4. The molecule has 0 unspecified atom stereocenters. The zero-order chi connectivity index (χ0) is 23.2. The Bertz CT molecular complexity index is 1180. The number of amides is 2. The number of hydrogen-bond donors (Lipinski definition) is 2. The molecule has 4 rings (SSSR count). The molecule has 0 bridgehead atoms. The van der Waals surface area contributed by atoms with Gasteiger partial charge in [-0.05, 0) is 42.5 Å². The number of carbonyl (C=O) groups is 2. The number of rotatable bonds is 6. The fourth-order valence-electron chi connectivity index (χ4n) is 3.55. The van der Waals surface area contributed by atoms with Crippen molar-refractivity contribution in [3.8, 4) is 0 Å². The molecule has 9 heteroatoms. The van der Waals surface area contributed by atoms with Crippen LogP contribution in [0.1, 0.15) is 20.7 Å². The lowest BCUT2D eigenvalue weighted by molar-refractivity contribution is -0.384. The van der Waals surface area contributed by atoms with Gasteiger partial charge in [-0.25, -0.2) is 0 Å². The maximum atomic E-state index is 12.8. The Labute approximate surface area is 190 Å². The summed E-state index contributed by atoms with van der Waals surface area (Å²) in [6, 6.07) is 19.9. The van der Waals surface area contributed by atoms with Crippen molar-refractivity contribution in [3.05, 3.63) is 94.0 Å². The van der Waals surface area contributed by atoms with E-state index < -0.39 is 10.8 Å². The number of anilines is 3. The van der Waals surface area contributed by atoms with E-state index in [0.717, 1.165) is 0 Å². The van der Waals surface area contributed by atoms with Crippen LogP contribution < -0.4 is 15.5 Å². The van der Waals surface area contributed by atoms with Crippen LogP contribution in [0.25, 0.3) is 0 Å². The number of nitrogens with zero attached hydrogens (tertiary/aromatic N) is 2. The molecule has 3 aromatic rings. The van der Waals surface area contributed by atoms with E-state index in [1.165, 1.54) is 6.07 Å². The third-order valence-corrected chi connectivity index (χ3v) is 5.20. The minimum atomic E-state index is -0.488. The number of ether oxygens (including phenoxy) is 1. The van der Waals surface area contributed by atoms with Crippen LogP contribution >= 0.6 is 0 Å². The first kappa shape index (κ1) is 22.0. The molecule has 1 saturated heterocycles. The van der Waals surface area contributed by atoms with Gasteiger partial charge in [0.25, 0.3) is 17.5 Å². The Morgan fingerprint density at radius 3 is 2.09 bits per heavy atom. The Morgan fingerprint density at radius 2 is 1.45 bits per heavy atom. The van der Waals surface area contributed by atoms with Gasteiger partial charge < -0.3 is 20.3 Å². The largest absolute Gasteiger partial charge is 0.378 e. The molecule has 0 atom stereocenters. The van der Waals surface area contributed by atoms with E-state index in [-0.39, 0.29) is 17.2 Å². The van der Waals surface area contributed by atoms with Gasteiger partial charge >= 0.3 is 0 Å². The van der Waals surface area contributed by atoms with Gasteiger partial charge in [-0.1, -0.05) is 24.3 Å². The highest BCUT2D eigenvalue weighted by atomic mass is 16.6. The predicted octanol–water partition coefficient (Wildman–Crippen LogP) is 3.94. The molecule has 0 spiro atoms. The van der Waals surface area contributed by atoms with E-state index >= 15 is 0 Å². The predicted molar refractivity (Wildman–Crippen MR) is 125 cm³/mol. The summed E-state index contributed by atoms with van der Waals surface area (Å²) in [5.41, 5.74) is 1.97. The smallest absolute Gasteiger partial charge is 0.293 e. The first-order valence-corrected chi connectivity index (χ1v) is 10.4. The van der Waals surface area contributed by atoms with Crippen LogP contribution in [0.3, 0.4) is 0 Å². The Balaban J connectivity index is 1.49. The molecule has 1 heterocycles. The Kier molecular flexibility index (Phi) is 6.61. The fourth-order valence-corrected chi connectivity index (χ4v) is 3.55. The van der Waals surface area contributed by atoms with Crippen LogP contribution in [0.15, 0.2) is 72.8 Å². The summed E-state index contributed by atoms with van der Waals surface area (Å²) < 4.78 is 5.31. The lowest BCUT2D eigenvalue weighted by Crippen LogP contribution is -2.36. The van der Waals surface area contributed by atoms with E-state index in [9.17, 15) is 19.7 Å². The van der Waals surface area contributed by atoms with Crippen molar-refractivity contribution in [2.45, 2.75) is 0 Å². The number of benzene rings is 3. The molecule has 3 aromatic carbocycles. The lowest BCUT2D eigenvalue weighted by Gasteiger charge is -2.28. The summed E-state index contributed by atoms with van der Waals surface area (Å²) in [7, 11) is 0. The van der Waals surface area contributed by atoms with Crippen molar-refractivity contribution in [1.82, 2.24) is 0 Å². The van der Waals surface area contributed by atoms with Crippen LogP contribution in [-0.2, 0) is 4.74 Å². The van der Waals surface area contributed by atoms with E-state index in [4.69, 9.17) is 4.74 Å². The van der Waals surface area contributed by atoms with Crippen molar-refractivity contribution in [1.29, 1.82) is 0 Å². The van der Waals surface area contributed by atoms with E-state index in [0.29, 0.717) is 48.9 Å². The number of hydrogen-bond acceptors (Lipinski definition) is 6. The summed E-state index contributed by atoms with van der Waals surface area (Å²) in [5.74, 6) is -0.758. The minimum absolute atomic E-state index is 0.131. The highest BCUT2D eigenvalue weighted by Gasteiger charge is 2.23. The molecule has 2 amide bonds. The van der Waals surface area contributed by atoms with Gasteiger partial charge in [0.15, 0.2) is 0 Å². The van der Waals surface area contributed by atoms with Gasteiger partial charge in [-0.15, -0.1) is 0 Å². The summed E-state index contributed by atoms with van der Waals surface area (Å²) in [5, 5.41) is 17.2. The van der Waals surface area contributed by atoms with Gasteiger partial charge in [0.2, 0.25) is 0 Å². The van der Waals surface area contributed by atoms with Crippen molar-refractivity contribution < 1.29 is 19.2 Å². The van der Waals surface area contributed by atoms with E-state index in [1.807, 2.05) is 11.0 Å². The minimum Gasteiger partial charge on any atom is -0.378 e. The highest BCUT2D eigenvalue weighted by Crippen LogP contribution is 2.30. The SMILES string of the molecule is O=C(Nc1cccc(NC(=O)c2ccc(N3CCOCC3)c([N+](=O)[O-])c2)c1)c1ccccc1. The quantitative estimate of drug-likeness (QED) is 0.438. The Hall–Kier alpha value is -4.24. The number of carbonyl (C=O) groups excluding carboxylic acids is 2. The van der Waals surface area contributed by atoms with Crippen LogP contribution in [0, 0.1) is 10.1 Å². The third kappa shape index (κ3) is 5.34. The zero-order valence-corrected chi connectivity index (χ0v) is 17.7. The first-order chi connectivity index (χ1) is 16.0. The van der Waals surface area contributed by atoms with Gasteiger partial charge in [-0.2, -0.15) is 0 Å². The number of morpholine rings is 1. The molecule has 168 valence electrons. The monoisotopic (exact) mass is 446 g/mol. The van der Waals surface area contributed by atoms with Gasteiger partial charge in [-0.3, -0.25) is 19.7 Å². The van der Waals surface area contributed by atoms with Gasteiger partial charge in [0.05, 0.1) is 18.1 Å². The number of nitro benzene ring substituents is 1. The maximum Gasteiger partial charge on any atom is 0.293 e. The summed E-state index contributed by atoms with van der Waals surface area (Å²) in [4.78, 5) is 38.2. The molecule has 9 nitrogen and oxygen atoms in total. The van der Waals surface area contributed by atoms with Crippen molar-refractivity contribution in [2.24, 2.45) is 0 Å². The van der Waals surface area contributed by atoms with Gasteiger partial charge in [0.1, 0.15) is 5.69 Å². The summed E-state index contributed by atoms with van der Waals surface area (Å²) >= 11 is 0. The molecule has 1 fully saturated rings. The van der Waals surface area contributed by atoms with Crippen LogP contribution in [0.4, 0.5) is 22.7 Å². The molecule has 1 aliphatic rings. The van der Waals surface area contributed by atoms with Gasteiger partial charge in [0, 0.05) is 41.7 Å². The average Bonchev–Trinajstić information content (AvgIpc) is 2.85. The van der Waals surface area contributed by atoms with Crippen LogP contribution in [0.2, 0.25) is 0 Å². The second kappa shape index (κ2) is 9.92. The molecular weight excluding hydrogens is 424 g/mol. The van der Waals surface area contributed by atoms with Crippen LogP contribution in [-0.4, -0.2) is 43.0 Å². The molecular formula is C24H22N4O5. The fraction of sp³-hybridized carbons (Fsp3) is 0.167. The van der Waals surface area contributed by atoms with E-state index in [2.05, 4.69) is 10.6 Å². The standard InChI is InChI=1S/C24H22N4O5/c29-23(17-5-2-1-3-6-17)25-19-7-4-8-20(16-19)26-24(30)18-9-10-21(22(15-18)28(31)32)27-11-13-33-14-12-27/h1-10,15-16H,11-14H2,(H,25,29)(H,26,30). The summed E-state index contributed by atoms with van der Waals surface area (Å²) in [6.07, 6.45) is 0. The van der Waals surface area contributed by atoms with Crippen molar-refractivity contribution in [3.63, 3.8) is 0 Å². The highest BCUT2D eigenvalue weighted by molar-refractivity contribution is 6.07. The third-order valence-electron chi connectivity index (χ3n) is 5.20. The molecule has 33 heavy (non-hydrogen) atoms. The molecule has 0 aromatic heterocycles. The number of nitrogens with one attached hydrogen (secondary N) is 2. The molecule has 0 saturated carbocycles. The molecule has 0 aliphatic carbocycles. The average molecular weight is 446 g/mol.